The van der Waals surface area contributed by atoms with E-state index in [9.17, 15) is 19.5 Å². The third-order valence-electron chi connectivity index (χ3n) is 6.61. The Morgan fingerprint density at radius 1 is 0.878 bits per heavy atom. The largest absolute Gasteiger partial charge is 0.492 e. The highest BCUT2D eigenvalue weighted by molar-refractivity contribution is 6.30. The number of ketones is 1. The summed E-state index contributed by atoms with van der Waals surface area (Å²) in [5.74, 6) is -1.08. The lowest BCUT2D eigenvalue weighted by Crippen LogP contribution is -2.32. The van der Waals surface area contributed by atoms with Crippen LogP contribution >= 0.6 is 11.6 Å². The third-order valence-corrected chi connectivity index (χ3v) is 6.85. The first-order chi connectivity index (χ1) is 19.8. The molecule has 2 unspecified atom stereocenters. The number of para-hydroxylation sites is 1. The summed E-state index contributed by atoms with van der Waals surface area (Å²) in [4.78, 5) is 37.6. The van der Waals surface area contributed by atoms with Crippen LogP contribution in [0.1, 0.15) is 39.9 Å². The van der Waals surface area contributed by atoms with Crippen LogP contribution in [0.25, 0.3) is 0 Å². The number of nitrogens with one attached hydrogen (secondary N) is 2. The van der Waals surface area contributed by atoms with Gasteiger partial charge in [-0.25, -0.2) is 4.79 Å². The number of carbonyl (C=O) groups is 3. The molecule has 2 atom stereocenters. The summed E-state index contributed by atoms with van der Waals surface area (Å²) in [6.07, 6.45) is 0.195. The van der Waals surface area contributed by atoms with E-state index >= 15 is 0 Å². The van der Waals surface area contributed by atoms with Gasteiger partial charge in [0.1, 0.15) is 18.4 Å². The van der Waals surface area contributed by atoms with Crippen LogP contribution in [-0.4, -0.2) is 42.0 Å². The molecule has 0 spiro atoms. The lowest BCUT2D eigenvalue weighted by atomic mass is 10.00. The average molecular weight is 571 g/mol. The number of carbonyl (C=O) groups excluding carboxylic acids is 2. The molecule has 4 rings (SSSR count). The van der Waals surface area contributed by atoms with Crippen molar-refractivity contribution in [3.63, 3.8) is 0 Å². The molecular weight excluding hydrogens is 540 g/mol. The van der Waals surface area contributed by atoms with Crippen LogP contribution in [0.5, 0.6) is 5.75 Å². The summed E-state index contributed by atoms with van der Waals surface area (Å²) in [5.41, 5.74) is 3.02. The first-order valence-electron chi connectivity index (χ1n) is 13.2. The Kier molecular flexibility index (Phi) is 10.1. The van der Waals surface area contributed by atoms with E-state index in [2.05, 4.69) is 10.6 Å². The monoisotopic (exact) mass is 570 g/mol. The molecule has 8 heteroatoms. The fourth-order valence-corrected chi connectivity index (χ4v) is 4.52. The Balaban J connectivity index is 1.30. The number of hydrogen-bond donors (Lipinski definition) is 3. The van der Waals surface area contributed by atoms with Crippen LogP contribution in [0.2, 0.25) is 5.02 Å². The van der Waals surface area contributed by atoms with Crippen molar-refractivity contribution in [2.75, 3.05) is 18.5 Å². The number of halogens is 1. The summed E-state index contributed by atoms with van der Waals surface area (Å²) >= 11 is 6.02. The molecule has 3 N–H and O–H groups in total. The second-order valence-corrected chi connectivity index (χ2v) is 9.98. The van der Waals surface area contributed by atoms with Gasteiger partial charge in [0.2, 0.25) is 5.91 Å². The van der Waals surface area contributed by atoms with Crippen LogP contribution in [0.4, 0.5) is 5.69 Å². The normalized spacial score (nSPS) is 12.1. The number of carboxylic acids is 1. The topological polar surface area (TPSA) is 105 Å². The molecule has 0 heterocycles. The molecule has 7 nitrogen and oxygen atoms in total. The molecule has 0 saturated carbocycles. The number of rotatable bonds is 13. The second kappa shape index (κ2) is 14.1. The maximum Gasteiger partial charge on any atom is 0.326 e. The highest BCUT2D eigenvalue weighted by Crippen LogP contribution is 2.22. The number of hydrogen-bond acceptors (Lipinski definition) is 5. The number of aliphatic carboxylic acids is 1. The van der Waals surface area contributed by atoms with E-state index in [0.29, 0.717) is 34.1 Å². The van der Waals surface area contributed by atoms with Gasteiger partial charge in [-0.1, -0.05) is 78.3 Å². The van der Waals surface area contributed by atoms with Gasteiger partial charge >= 0.3 is 5.97 Å². The zero-order valence-electron chi connectivity index (χ0n) is 22.5. The molecule has 0 fully saturated rings. The van der Waals surface area contributed by atoms with E-state index < -0.39 is 12.0 Å². The zero-order chi connectivity index (χ0) is 29.2. The van der Waals surface area contributed by atoms with Crippen molar-refractivity contribution in [1.82, 2.24) is 5.32 Å². The molecular formula is C33H31ClN2O5. The number of carboxylic acid groups (broad SMARTS) is 1. The number of benzene rings is 4. The second-order valence-electron chi connectivity index (χ2n) is 9.54. The van der Waals surface area contributed by atoms with Crippen molar-refractivity contribution in [3.8, 4) is 5.75 Å². The fourth-order valence-electron chi connectivity index (χ4n) is 4.32. The highest BCUT2D eigenvalue weighted by Gasteiger charge is 2.21. The summed E-state index contributed by atoms with van der Waals surface area (Å²) in [7, 11) is 0. The Bertz CT molecular complexity index is 1490. The van der Waals surface area contributed by atoms with E-state index in [-0.39, 0.29) is 30.6 Å². The minimum atomic E-state index is -1.03. The van der Waals surface area contributed by atoms with Gasteiger partial charge in [-0.3, -0.25) is 9.59 Å². The van der Waals surface area contributed by atoms with Gasteiger partial charge < -0.3 is 20.5 Å². The molecule has 0 aliphatic rings. The SMILES string of the molecule is CC(C(=O)NCCOc1ccc(CC(Nc2ccccc2C(=O)c2ccccc2)C(=O)O)cc1)c1cccc(Cl)c1. The predicted molar refractivity (Wildman–Crippen MR) is 160 cm³/mol. The van der Waals surface area contributed by atoms with Gasteiger partial charge in [0.15, 0.2) is 5.78 Å². The van der Waals surface area contributed by atoms with Gasteiger partial charge in [-0.05, 0) is 54.4 Å². The fraction of sp³-hybridized carbons (Fsp3) is 0.182. The smallest absolute Gasteiger partial charge is 0.326 e. The maximum absolute atomic E-state index is 13.0. The molecule has 0 saturated heterocycles. The minimum Gasteiger partial charge on any atom is -0.492 e. The quantitative estimate of drug-likeness (QED) is 0.135. The first-order valence-corrected chi connectivity index (χ1v) is 13.6. The van der Waals surface area contributed by atoms with Crippen molar-refractivity contribution in [1.29, 1.82) is 0 Å². The molecule has 4 aromatic carbocycles. The van der Waals surface area contributed by atoms with Crippen molar-refractivity contribution in [3.05, 3.63) is 130 Å². The molecule has 0 aromatic heterocycles. The lowest BCUT2D eigenvalue weighted by molar-refractivity contribution is -0.137. The van der Waals surface area contributed by atoms with Crippen LogP contribution in [0.15, 0.2) is 103 Å². The zero-order valence-corrected chi connectivity index (χ0v) is 23.3. The molecule has 4 aromatic rings. The van der Waals surface area contributed by atoms with E-state index in [0.717, 1.165) is 11.1 Å². The van der Waals surface area contributed by atoms with Crippen LogP contribution < -0.4 is 15.4 Å². The lowest BCUT2D eigenvalue weighted by Gasteiger charge is -2.18. The van der Waals surface area contributed by atoms with Crippen molar-refractivity contribution >= 4 is 34.9 Å². The van der Waals surface area contributed by atoms with Crippen LogP contribution in [0, 0.1) is 0 Å². The van der Waals surface area contributed by atoms with Gasteiger partial charge in [-0.2, -0.15) is 0 Å². The molecule has 210 valence electrons. The third kappa shape index (κ3) is 8.19. The van der Waals surface area contributed by atoms with E-state index in [4.69, 9.17) is 16.3 Å². The standard InChI is InChI=1S/C33H31ClN2O5/c1-22(25-10-7-11-26(34)21-25)32(38)35-18-19-41-27-16-14-23(15-17-27)20-30(33(39)40)36-29-13-6-5-12-28(29)31(37)24-8-3-2-4-9-24/h2-17,21-22,30,36H,18-20H2,1H3,(H,35,38)(H,39,40). The Labute approximate surface area is 244 Å². The van der Waals surface area contributed by atoms with Crippen molar-refractivity contribution < 1.29 is 24.2 Å². The van der Waals surface area contributed by atoms with Crippen LogP contribution in [0.3, 0.4) is 0 Å². The Morgan fingerprint density at radius 3 is 2.29 bits per heavy atom. The van der Waals surface area contributed by atoms with Gasteiger partial charge in [-0.15, -0.1) is 0 Å². The van der Waals surface area contributed by atoms with Gasteiger partial charge in [0.05, 0.1) is 12.5 Å². The number of amides is 1. The summed E-state index contributed by atoms with van der Waals surface area (Å²) in [6.45, 7) is 2.43. The summed E-state index contributed by atoms with van der Waals surface area (Å²) in [5, 5.41) is 16.4. The van der Waals surface area contributed by atoms with Gasteiger partial charge in [0.25, 0.3) is 0 Å². The van der Waals surface area contributed by atoms with Crippen molar-refractivity contribution in [2.24, 2.45) is 0 Å². The molecule has 0 radical (unpaired) electrons. The molecule has 1 amide bonds. The maximum atomic E-state index is 13.0. The molecule has 0 bridgehead atoms. The Morgan fingerprint density at radius 2 is 1.59 bits per heavy atom. The summed E-state index contributed by atoms with van der Waals surface area (Å²) in [6, 6.07) is 29.2. The molecule has 41 heavy (non-hydrogen) atoms. The Hall–Kier alpha value is -4.62. The first kappa shape index (κ1) is 29.4. The average Bonchev–Trinajstić information content (AvgIpc) is 2.99. The summed E-state index contributed by atoms with van der Waals surface area (Å²) < 4.78 is 5.74. The van der Waals surface area contributed by atoms with Gasteiger partial charge in [0, 0.05) is 28.3 Å². The van der Waals surface area contributed by atoms with Crippen LogP contribution in [-0.2, 0) is 16.0 Å². The van der Waals surface area contributed by atoms with E-state index in [1.807, 2.05) is 25.1 Å². The number of anilines is 1. The number of ether oxygens (including phenoxy) is 1. The van der Waals surface area contributed by atoms with E-state index in [1.54, 1.807) is 84.9 Å². The van der Waals surface area contributed by atoms with E-state index in [1.165, 1.54) is 0 Å². The molecule has 0 aliphatic heterocycles. The minimum absolute atomic E-state index is 0.120. The highest BCUT2D eigenvalue weighted by atomic mass is 35.5. The predicted octanol–water partition coefficient (Wildman–Crippen LogP) is 5.98. The molecule has 0 aliphatic carbocycles. The van der Waals surface area contributed by atoms with Crippen molar-refractivity contribution in [2.45, 2.75) is 25.3 Å².